The molecule has 1 amide bonds. The van der Waals surface area contributed by atoms with Gasteiger partial charge in [-0.25, -0.2) is 14.8 Å². The second-order valence-corrected chi connectivity index (χ2v) is 11.6. The molecule has 2 aromatic heterocycles. The molecule has 8 heteroatoms. The van der Waals surface area contributed by atoms with Crippen LogP contribution in [0.15, 0.2) is 94.7 Å². The van der Waals surface area contributed by atoms with E-state index in [1.807, 2.05) is 119 Å². The maximum atomic E-state index is 12.2. The molecule has 0 unspecified atom stereocenters. The van der Waals surface area contributed by atoms with E-state index in [0.717, 1.165) is 27.8 Å². The van der Waals surface area contributed by atoms with E-state index in [1.54, 1.807) is 12.4 Å². The van der Waals surface area contributed by atoms with Crippen LogP contribution in [0.2, 0.25) is 0 Å². The molecular weight excluding hydrogens is 516 g/mol. The van der Waals surface area contributed by atoms with E-state index in [4.69, 9.17) is 9.41 Å². The Kier molecular flexibility index (Phi) is 6.95. The lowest BCUT2D eigenvalue weighted by Gasteiger charge is -2.45. The Bertz CT molecular complexity index is 1740. The van der Waals surface area contributed by atoms with Crippen molar-refractivity contribution >= 4 is 28.5 Å². The third-order valence-electron chi connectivity index (χ3n) is 7.21. The van der Waals surface area contributed by atoms with E-state index in [1.165, 1.54) is 4.90 Å². The Hall–Kier alpha value is -4.85. The van der Waals surface area contributed by atoms with Crippen LogP contribution in [-0.2, 0) is 12.6 Å². The standard InChI is InChI=1S/C33H34N4O4/c1-32(2,3)37(31(39)40)33(4,5)23-15-11-22(12-16-23)29(28-25-9-7-8-10-27(25)41-30(28)38)35-24-17-13-21(14-18-24)26-19-36(6)20-34-26/h7-20,38H,1-6H3,(H,39,40). The van der Waals surface area contributed by atoms with Crippen molar-refractivity contribution in [2.45, 2.75) is 45.7 Å². The minimum Gasteiger partial charge on any atom is -0.480 e. The molecule has 41 heavy (non-hydrogen) atoms. The fraction of sp³-hybridized carbons (Fsp3) is 0.242. The van der Waals surface area contributed by atoms with Crippen molar-refractivity contribution in [2.24, 2.45) is 12.0 Å². The molecule has 0 fully saturated rings. The number of aryl methyl sites for hydroxylation is 1. The molecule has 5 aromatic rings. The fourth-order valence-corrected chi connectivity index (χ4v) is 5.45. The highest BCUT2D eigenvalue weighted by Gasteiger charge is 2.40. The number of nitrogens with zero attached hydrogens (tertiary/aromatic N) is 4. The molecule has 0 aliphatic carbocycles. The van der Waals surface area contributed by atoms with Crippen LogP contribution in [0.1, 0.15) is 51.3 Å². The van der Waals surface area contributed by atoms with Gasteiger partial charge in [0.15, 0.2) is 0 Å². The van der Waals surface area contributed by atoms with Crippen molar-refractivity contribution in [3.8, 4) is 17.2 Å². The number of benzene rings is 3. The predicted octanol–water partition coefficient (Wildman–Crippen LogP) is 7.72. The van der Waals surface area contributed by atoms with Crippen LogP contribution < -0.4 is 0 Å². The summed E-state index contributed by atoms with van der Waals surface area (Å²) in [6.07, 6.45) is 2.72. The van der Waals surface area contributed by atoms with Crippen molar-refractivity contribution in [2.75, 3.05) is 0 Å². The third kappa shape index (κ3) is 5.33. The molecule has 0 saturated heterocycles. The van der Waals surface area contributed by atoms with Crippen LogP contribution in [0.3, 0.4) is 0 Å². The Morgan fingerprint density at radius 1 is 0.951 bits per heavy atom. The lowest BCUT2D eigenvalue weighted by molar-refractivity contribution is 0.0314. The summed E-state index contributed by atoms with van der Waals surface area (Å²) in [7, 11) is 1.93. The number of para-hydroxylation sites is 1. The van der Waals surface area contributed by atoms with Crippen molar-refractivity contribution < 1.29 is 19.4 Å². The lowest BCUT2D eigenvalue weighted by atomic mass is 9.87. The number of hydrogen-bond acceptors (Lipinski definition) is 5. The molecule has 0 spiro atoms. The Morgan fingerprint density at radius 3 is 2.20 bits per heavy atom. The molecule has 0 atom stereocenters. The van der Waals surface area contributed by atoms with Gasteiger partial charge in [-0.15, -0.1) is 0 Å². The molecule has 0 bridgehead atoms. The molecule has 0 radical (unpaired) electrons. The zero-order valence-corrected chi connectivity index (χ0v) is 24.1. The summed E-state index contributed by atoms with van der Waals surface area (Å²) in [5.74, 6) is -0.218. The van der Waals surface area contributed by atoms with Gasteiger partial charge in [0.05, 0.1) is 34.5 Å². The zero-order valence-electron chi connectivity index (χ0n) is 24.1. The van der Waals surface area contributed by atoms with Crippen molar-refractivity contribution in [1.82, 2.24) is 14.5 Å². The van der Waals surface area contributed by atoms with Gasteiger partial charge in [-0.2, -0.15) is 0 Å². The second kappa shape index (κ2) is 10.3. The fourth-order valence-electron chi connectivity index (χ4n) is 5.45. The van der Waals surface area contributed by atoms with Gasteiger partial charge < -0.3 is 19.2 Å². The smallest absolute Gasteiger partial charge is 0.408 e. The topological polar surface area (TPSA) is 104 Å². The van der Waals surface area contributed by atoms with E-state index in [-0.39, 0.29) is 5.95 Å². The minimum absolute atomic E-state index is 0.218. The molecule has 3 aromatic carbocycles. The molecule has 0 aliphatic heterocycles. The molecule has 0 aliphatic rings. The summed E-state index contributed by atoms with van der Waals surface area (Å²) in [5, 5.41) is 21.7. The lowest BCUT2D eigenvalue weighted by Crippen LogP contribution is -2.54. The highest BCUT2D eigenvalue weighted by atomic mass is 16.5. The number of imidazole rings is 1. The van der Waals surface area contributed by atoms with Crippen LogP contribution in [0.25, 0.3) is 22.2 Å². The number of furan rings is 1. The van der Waals surface area contributed by atoms with Gasteiger partial charge in [-0.3, -0.25) is 4.90 Å². The summed E-state index contributed by atoms with van der Waals surface area (Å²) in [5.41, 5.74) is 4.28. The van der Waals surface area contributed by atoms with E-state index in [9.17, 15) is 15.0 Å². The number of carbonyl (C=O) groups is 1. The first kappa shape index (κ1) is 27.7. The highest BCUT2D eigenvalue weighted by Crippen LogP contribution is 2.37. The third-order valence-corrected chi connectivity index (χ3v) is 7.21. The molecule has 210 valence electrons. The first-order chi connectivity index (χ1) is 19.4. The Balaban J connectivity index is 1.61. The Labute approximate surface area is 239 Å². The summed E-state index contributed by atoms with van der Waals surface area (Å²) in [6, 6.07) is 22.8. The predicted molar refractivity (Wildman–Crippen MR) is 161 cm³/mol. The van der Waals surface area contributed by atoms with Gasteiger partial charge in [0.1, 0.15) is 5.58 Å². The quantitative estimate of drug-likeness (QED) is 0.211. The van der Waals surface area contributed by atoms with Gasteiger partial charge in [-0.1, -0.05) is 54.6 Å². The van der Waals surface area contributed by atoms with Crippen molar-refractivity contribution in [1.29, 1.82) is 0 Å². The van der Waals surface area contributed by atoms with Crippen LogP contribution in [0, 0.1) is 0 Å². The number of aromatic hydroxyl groups is 1. The molecule has 8 nitrogen and oxygen atoms in total. The first-order valence-electron chi connectivity index (χ1n) is 13.4. The molecular formula is C33H34N4O4. The molecule has 5 rings (SSSR count). The monoisotopic (exact) mass is 550 g/mol. The Morgan fingerprint density at radius 2 is 1.61 bits per heavy atom. The van der Waals surface area contributed by atoms with Crippen LogP contribution in [0.5, 0.6) is 5.95 Å². The largest absolute Gasteiger partial charge is 0.480 e. The van der Waals surface area contributed by atoms with E-state index in [0.29, 0.717) is 22.5 Å². The number of aliphatic imine (C=N–C) groups is 1. The number of fused-ring (bicyclic) bond motifs is 1. The molecule has 2 N–H and O–H groups in total. The van der Waals surface area contributed by atoms with Crippen LogP contribution in [-0.4, -0.2) is 42.0 Å². The average Bonchev–Trinajstić information content (AvgIpc) is 3.48. The number of carboxylic acid groups (broad SMARTS) is 1. The maximum absolute atomic E-state index is 12.2. The van der Waals surface area contributed by atoms with Crippen LogP contribution in [0.4, 0.5) is 10.5 Å². The van der Waals surface area contributed by atoms with Gasteiger partial charge in [0.25, 0.3) is 5.95 Å². The van der Waals surface area contributed by atoms with Crippen molar-refractivity contribution in [3.05, 3.63) is 102 Å². The number of rotatable bonds is 6. The van der Waals surface area contributed by atoms with Gasteiger partial charge in [-0.05, 0) is 58.4 Å². The first-order valence-corrected chi connectivity index (χ1v) is 13.4. The second-order valence-electron chi connectivity index (χ2n) is 11.6. The van der Waals surface area contributed by atoms with E-state index < -0.39 is 17.2 Å². The maximum Gasteiger partial charge on any atom is 0.408 e. The molecule has 0 saturated carbocycles. The number of hydrogen-bond donors (Lipinski definition) is 2. The summed E-state index contributed by atoms with van der Waals surface area (Å²) < 4.78 is 7.58. The summed E-state index contributed by atoms with van der Waals surface area (Å²) in [4.78, 5) is 23.1. The summed E-state index contributed by atoms with van der Waals surface area (Å²) in [6.45, 7) is 9.44. The van der Waals surface area contributed by atoms with Crippen molar-refractivity contribution in [3.63, 3.8) is 0 Å². The van der Waals surface area contributed by atoms with Gasteiger partial charge in [0.2, 0.25) is 0 Å². The van der Waals surface area contributed by atoms with E-state index in [2.05, 4.69) is 4.98 Å². The van der Waals surface area contributed by atoms with Gasteiger partial charge >= 0.3 is 6.09 Å². The van der Waals surface area contributed by atoms with E-state index >= 15 is 0 Å². The highest BCUT2D eigenvalue weighted by molar-refractivity contribution is 6.21. The molecule has 2 heterocycles. The number of amides is 1. The normalized spacial score (nSPS) is 12.6. The minimum atomic E-state index is -0.988. The van der Waals surface area contributed by atoms with Gasteiger partial charge in [0, 0.05) is 35.3 Å². The summed E-state index contributed by atoms with van der Waals surface area (Å²) >= 11 is 0. The SMILES string of the molecule is Cn1cnc(-c2ccc(N=C(c3ccc(C(C)(C)N(C(=O)O)C(C)(C)C)cc3)c3c(O)oc4ccccc34)cc2)c1. The van der Waals surface area contributed by atoms with Crippen LogP contribution >= 0.6 is 0 Å². The number of aromatic nitrogens is 2. The zero-order chi connectivity index (χ0) is 29.5. The average molecular weight is 551 g/mol.